The van der Waals surface area contributed by atoms with Crippen LogP contribution in [-0.4, -0.2) is 42.4 Å². The molecule has 2 aliphatic rings. The monoisotopic (exact) mass is 338 g/mol. The maximum Gasteiger partial charge on any atom is 0.311 e. The lowest BCUT2D eigenvalue weighted by Crippen LogP contribution is -2.44. The molecule has 2 aromatic rings. The molecule has 2 aliphatic heterocycles. The smallest absolute Gasteiger partial charge is 0.311 e. The quantitative estimate of drug-likeness (QED) is 0.912. The summed E-state index contributed by atoms with van der Waals surface area (Å²) in [5, 5.41) is 11.3. The van der Waals surface area contributed by atoms with E-state index < -0.39 is 11.4 Å². The third kappa shape index (κ3) is 2.09. The summed E-state index contributed by atoms with van der Waals surface area (Å²) < 4.78 is 6.52. The van der Waals surface area contributed by atoms with Gasteiger partial charge in [-0.25, -0.2) is 4.98 Å². The standard InChI is InChI=1S/C15H15ClN2O3S/c16-10-1-2-11-12(5-10)22-14(17-11)18-6-9-7-21-4-3-15(9,8-18)13(19)20/h1-2,5,9H,3-4,6-8H2,(H,19,20)/t9-,15+/m1/s1. The summed E-state index contributed by atoms with van der Waals surface area (Å²) in [5.74, 6) is -0.693. The van der Waals surface area contributed by atoms with Crippen molar-refractivity contribution < 1.29 is 14.6 Å². The van der Waals surface area contributed by atoms with Crippen molar-refractivity contribution in [1.29, 1.82) is 0 Å². The van der Waals surface area contributed by atoms with Crippen molar-refractivity contribution >= 4 is 44.3 Å². The fourth-order valence-corrected chi connectivity index (χ4v) is 4.72. The second kappa shape index (κ2) is 5.08. The molecule has 0 saturated carbocycles. The van der Waals surface area contributed by atoms with Gasteiger partial charge in [-0.2, -0.15) is 0 Å². The van der Waals surface area contributed by atoms with E-state index in [4.69, 9.17) is 16.3 Å². The van der Waals surface area contributed by atoms with Gasteiger partial charge in [0.25, 0.3) is 0 Å². The van der Waals surface area contributed by atoms with Crippen molar-refractivity contribution in [2.24, 2.45) is 11.3 Å². The van der Waals surface area contributed by atoms with Crippen molar-refractivity contribution in [2.75, 3.05) is 31.2 Å². The summed E-state index contributed by atoms with van der Waals surface area (Å²) in [5.41, 5.74) is 0.202. The van der Waals surface area contributed by atoms with Crippen molar-refractivity contribution in [1.82, 2.24) is 4.98 Å². The molecule has 7 heteroatoms. The van der Waals surface area contributed by atoms with E-state index in [9.17, 15) is 9.90 Å². The Bertz CT molecular complexity index is 749. The molecule has 2 saturated heterocycles. The Hall–Kier alpha value is -1.37. The van der Waals surface area contributed by atoms with Crippen LogP contribution in [0.25, 0.3) is 10.2 Å². The number of fused-ring (bicyclic) bond motifs is 2. The summed E-state index contributed by atoms with van der Waals surface area (Å²) in [6, 6.07) is 5.62. The van der Waals surface area contributed by atoms with Crippen molar-refractivity contribution in [3.63, 3.8) is 0 Å². The molecule has 2 atom stereocenters. The third-order valence-corrected chi connectivity index (χ3v) is 6.06. The highest BCUT2D eigenvalue weighted by Crippen LogP contribution is 2.45. The zero-order valence-corrected chi connectivity index (χ0v) is 13.4. The minimum absolute atomic E-state index is 0.0225. The van der Waals surface area contributed by atoms with E-state index in [0.29, 0.717) is 37.7 Å². The number of aliphatic carboxylic acids is 1. The average molecular weight is 339 g/mol. The number of halogens is 1. The molecule has 0 aliphatic carbocycles. The first-order chi connectivity index (χ1) is 10.6. The Morgan fingerprint density at radius 1 is 1.55 bits per heavy atom. The van der Waals surface area contributed by atoms with Gasteiger partial charge in [0.1, 0.15) is 0 Å². The summed E-state index contributed by atoms with van der Waals surface area (Å²) in [7, 11) is 0. The molecular weight excluding hydrogens is 324 g/mol. The molecule has 0 radical (unpaired) electrons. The van der Waals surface area contributed by atoms with Crippen molar-refractivity contribution in [2.45, 2.75) is 6.42 Å². The van der Waals surface area contributed by atoms with E-state index in [-0.39, 0.29) is 5.92 Å². The maximum absolute atomic E-state index is 11.8. The number of benzene rings is 1. The number of hydrogen-bond donors (Lipinski definition) is 1. The minimum Gasteiger partial charge on any atom is -0.481 e. The number of hydrogen-bond acceptors (Lipinski definition) is 5. The molecular formula is C15H15ClN2O3S. The summed E-state index contributed by atoms with van der Waals surface area (Å²) >= 11 is 7.58. The topological polar surface area (TPSA) is 62.7 Å². The lowest BCUT2D eigenvalue weighted by Gasteiger charge is -2.33. The van der Waals surface area contributed by atoms with Crippen molar-refractivity contribution in [3.8, 4) is 0 Å². The summed E-state index contributed by atoms with van der Waals surface area (Å²) in [6.45, 7) is 2.22. The van der Waals surface area contributed by atoms with Crippen LogP contribution in [0.1, 0.15) is 6.42 Å². The molecule has 0 spiro atoms. The van der Waals surface area contributed by atoms with Crippen LogP contribution in [0.15, 0.2) is 18.2 Å². The van der Waals surface area contributed by atoms with Crippen LogP contribution >= 0.6 is 22.9 Å². The van der Waals surface area contributed by atoms with Crippen LogP contribution in [-0.2, 0) is 9.53 Å². The highest BCUT2D eigenvalue weighted by molar-refractivity contribution is 7.22. The number of nitrogens with zero attached hydrogens (tertiary/aromatic N) is 2. The molecule has 22 heavy (non-hydrogen) atoms. The molecule has 5 nitrogen and oxygen atoms in total. The molecule has 1 aromatic carbocycles. The summed E-state index contributed by atoms with van der Waals surface area (Å²) in [6.07, 6.45) is 0.570. The van der Waals surface area contributed by atoms with E-state index in [0.717, 1.165) is 15.3 Å². The largest absolute Gasteiger partial charge is 0.481 e. The first-order valence-corrected chi connectivity index (χ1v) is 8.40. The third-order valence-electron chi connectivity index (χ3n) is 4.74. The van der Waals surface area contributed by atoms with Crippen LogP contribution in [0.3, 0.4) is 0 Å². The molecule has 0 bridgehead atoms. The van der Waals surface area contributed by atoms with Gasteiger partial charge in [0.05, 0.1) is 22.2 Å². The number of anilines is 1. The van der Waals surface area contributed by atoms with Crippen LogP contribution in [0.4, 0.5) is 5.13 Å². The molecule has 2 fully saturated rings. The van der Waals surface area contributed by atoms with Gasteiger partial charge in [-0.1, -0.05) is 22.9 Å². The van der Waals surface area contributed by atoms with E-state index in [2.05, 4.69) is 9.88 Å². The second-order valence-corrected chi connectivity index (χ2v) is 7.42. The lowest BCUT2D eigenvalue weighted by molar-refractivity contribution is -0.157. The number of thiazole rings is 1. The van der Waals surface area contributed by atoms with E-state index >= 15 is 0 Å². The average Bonchev–Trinajstić information content (AvgIpc) is 3.08. The fraction of sp³-hybridized carbons (Fsp3) is 0.467. The molecule has 3 heterocycles. The van der Waals surface area contributed by atoms with Gasteiger partial charge in [0.15, 0.2) is 5.13 Å². The first-order valence-electron chi connectivity index (χ1n) is 7.21. The number of carboxylic acid groups (broad SMARTS) is 1. The maximum atomic E-state index is 11.8. The Morgan fingerprint density at radius 2 is 2.41 bits per heavy atom. The minimum atomic E-state index is -0.715. The van der Waals surface area contributed by atoms with Gasteiger partial charge < -0.3 is 14.7 Å². The first kappa shape index (κ1) is 14.2. The van der Waals surface area contributed by atoms with Gasteiger partial charge >= 0.3 is 5.97 Å². The predicted molar refractivity (Wildman–Crippen MR) is 85.8 cm³/mol. The molecule has 1 N–H and O–H groups in total. The number of aromatic nitrogens is 1. The van der Waals surface area contributed by atoms with E-state index in [1.807, 2.05) is 18.2 Å². The zero-order valence-electron chi connectivity index (χ0n) is 11.8. The van der Waals surface area contributed by atoms with Gasteiger partial charge in [0, 0.05) is 30.6 Å². The highest BCUT2D eigenvalue weighted by atomic mass is 35.5. The SMILES string of the molecule is O=C(O)[C@]12CCOC[C@H]1CN(c1nc3ccc(Cl)cc3s1)C2. The fourth-order valence-electron chi connectivity index (χ4n) is 3.47. The van der Waals surface area contributed by atoms with Crippen LogP contribution < -0.4 is 4.90 Å². The molecule has 4 rings (SSSR count). The summed E-state index contributed by atoms with van der Waals surface area (Å²) in [4.78, 5) is 18.6. The zero-order chi connectivity index (χ0) is 15.3. The number of rotatable bonds is 2. The number of ether oxygens (including phenoxy) is 1. The normalized spacial score (nSPS) is 28.0. The highest BCUT2D eigenvalue weighted by Gasteiger charge is 2.54. The number of carbonyl (C=O) groups is 1. The van der Waals surface area contributed by atoms with Gasteiger partial charge in [-0.05, 0) is 24.6 Å². The lowest BCUT2D eigenvalue weighted by atomic mass is 9.74. The van der Waals surface area contributed by atoms with Crippen molar-refractivity contribution in [3.05, 3.63) is 23.2 Å². The molecule has 1 aromatic heterocycles. The van der Waals surface area contributed by atoms with E-state index in [1.165, 1.54) is 0 Å². The molecule has 0 amide bonds. The Kier molecular flexibility index (Phi) is 3.29. The number of carboxylic acids is 1. The molecule has 0 unspecified atom stereocenters. The predicted octanol–water partition coefficient (Wildman–Crippen LogP) is 2.88. The molecule has 116 valence electrons. The van der Waals surface area contributed by atoms with Crippen LogP contribution in [0, 0.1) is 11.3 Å². The second-order valence-electron chi connectivity index (χ2n) is 5.97. The Morgan fingerprint density at radius 3 is 3.18 bits per heavy atom. The van der Waals surface area contributed by atoms with Crippen LogP contribution in [0.5, 0.6) is 0 Å². The Balaban J connectivity index is 1.69. The van der Waals surface area contributed by atoms with E-state index in [1.54, 1.807) is 11.3 Å². The van der Waals surface area contributed by atoms with Gasteiger partial charge in [-0.3, -0.25) is 4.79 Å². The van der Waals surface area contributed by atoms with Gasteiger partial charge in [-0.15, -0.1) is 0 Å². The van der Waals surface area contributed by atoms with Gasteiger partial charge in [0.2, 0.25) is 0 Å². The Labute approximate surface area is 136 Å². The van der Waals surface area contributed by atoms with Crippen LogP contribution in [0.2, 0.25) is 5.02 Å².